The molecule has 0 radical (unpaired) electrons. The van der Waals surface area contributed by atoms with Gasteiger partial charge in [0, 0.05) is 31.1 Å². The minimum absolute atomic E-state index is 0.319. The smallest absolute Gasteiger partial charge is 0.150 e. The number of nitrogens with zero attached hydrogens (tertiary/aromatic N) is 2. The lowest BCUT2D eigenvalue weighted by Gasteiger charge is -2.11. The second-order valence-corrected chi connectivity index (χ2v) is 7.96. The molecule has 9 heteroatoms. The van der Waals surface area contributed by atoms with E-state index in [2.05, 4.69) is 27.1 Å². The number of thiocarbonyl (C=S) groups is 1. The Morgan fingerprint density at radius 3 is 2.39 bits per heavy atom. The van der Waals surface area contributed by atoms with Crippen molar-refractivity contribution in [1.82, 2.24) is 9.88 Å². The van der Waals surface area contributed by atoms with Crippen molar-refractivity contribution in [3.63, 3.8) is 0 Å². The Labute approximate surface area is 209 Å². The number of nitrogens with one attached hydrogen (secondary N) is 2. The van der Waals surface area contributed by atoms with Gasteiger partial charge >= 0.3 is 0 Å². The molecule has 0 unspecified atom stereocenters. The second kappa shape index (κ2) is 15.4. The van der Waals surface area contributed by atoms with Crippen LogP contribution in [0.5, 0.6) is 0 Å². The minimum Gasteiger partial charge on any atom is -0.345 e. The van der Waals surface area contributed by atoms with Gasteiger partial charge in [-0.3, -0.25) is 9.79 Å². The number of hydrogen-bond acceptors (Lipinski definition) is 5. The molecular formula is C24H30ClFN4OS2. The van der Waals surface area contributed by atoms with Gasteiger partial charge in [0.2, 0.25) is 0 Å². The average molecular weight is 509 g/mol. The first-order valence-electron chi connectivity index (χ1n) is 10.4. The van der Waals surface area contributed by atoms with E-state index in [4.69, 9.17) is 23.8 Å². The highest BCUT2D eigenvalue weighted by molar-refractivity contribution is 7.79. The average Bonchev–Trinajstić information content (AvgIpc) is 3.37. The molecule has 0 amide bonds. The van der Waals surface area contributed by atoms with Crippen LogP contribution in [0.4, 0.5) is 10.1 Å². The third kappa shape index (κ3) is 7.85. The zero-order valence-electron chi connectivity index (χ0n) is 19.5. The molecule has 0 saturated heterocycles. The Morgan fingerprint density at radius 1 is 1.24 bits per heavy atom. The standard InChI is InChI=1S/C15H19ClN4S2.C7H5FO.C2H6/c1-10-13(19-9-18-3)12(8-21)20(6-5-17-2)14(10)15-11(16)4-7-22-15;8-7-3-1-6(5-9)2-4-7;1-2/h4,7-9,17H,5-6H2,1-3H3,(H,18,19);1-5H;1-2H3. The van der Waals surface area contributed by atoms with Gasteiger partial charge in [-0.2, -0.15) is 0 Å². The number of thiophene rings is 1. The molecule has 3 aromatic rings. The summed E-state index contributed by atoms with van der Waals surface area (Å²) in [4.78, 5) is 15.1. The number of anilines is 1. The van der Waals surface area contributed by atoms with Gasteiger partial charge in [-0.05, 0) is 55.2 Å². The van der Waals surface area contributed by atoms with E-state index in [1.54, 1.807) is 30.1 Å². The van der Waals surface area contributed by atoms with Crippen molar-refractivity contribution < 1.29 is 9.18 Å². The zero-order valence-corrected chi connectivity index (χ0v) is 21.9. The van der Waals surface area contributed by atoms with Gasteiger partial charge in [0.25, 0.3) is 0 Å². The summed E-state index contributed by atoms with van der Waals surface area (Å²) >= 11 is 13.2. The van der Waals surface area contributed by atoms with E-state index in [1.165, 1.54) is 24.3 Å². The quantitative estimate of drug-likeness (QED) is 0.158. The van der Waals surface area contributed by atoms with Crippen LogP contribution in [0.2, 0.25) is 5.02 Å². The topological polar surface area (TPSA) is 58.4 Å². The Balaban J connectivity index is 0.000000412. The molecule has 0 aliphatic rings. The Morgan fingerprint density at radius 2 is 1.91 bits per heavy atom. The maximum Gasteiger partial charge on any atom is 0.150 e. The second-order valence-electron chi connectivity index (χ2n) is 6.41. The van der Waals surface area contributed by atoms with E-state index in [9.17, 15) is 9.18 Å². The van der Waals surface area contributed by atoms with Crippen LogP contribution in [0.25, 0.3) is 10.6 Å². The summed E-state index contributed by atoms with van der Waals surface area (Å²) in [7, 11) is 3.67. The first-order chi connectivity index (χ1) is 16.0. The van der Waals surface area contributed by atoms with Crippen molar-refractivity contribution >= 4 is 58.8 Å². The number of rotatable bonds is 8. The minimum atomic E-state index is -0.319. The predicted molar refractivity (Wildman–Crippen MR) is 145 cm³/mol. The summed E-state index contributed by atoms with van der Waals surface area (Å²) in [6, 6.07) is 7.30. The summed E-state index contributed by atoms with van der Waals surface area (Å²) in [5, 5.41) is 10.9. The Bertz CT molecular complexity index is 1050. The van der Waals surface area contributed by atoms with Gasteiger partial charge < -0.3 is 15.2 Å². The monoisotopic (exact) mass is 508 g/mol. The van der Waals surface area contributed by atoms with Crippen LogP contribution in [-0.2, 0) is 6.54 Å². The van der Waals surface area contributed by atoms with E-state index in [0.717, 1.165) is 45.6 Å². The van der Waals surface area contributed by atoms with E-state index >= 15 is 0 Å². The van der Waals surface area contributed by atoms with Crippen LogP contribution in [0.15, 0.2) is 40.7 Å². The number of aliphatic imine (C=N–C) groups is 1. The summed E-state index contributed by atoms with van der Waals surface area (Å²) in [6.07, 6.45) is 2.35. The summed E-state index contributed by atoms with van der Waals surface area (Å²) in [5.74, 6) is -0.319. The molecule has 1 aromatic carbocycles. The van der Waals surface area contributed by atoms with Crippen LogP contribution in [0.3, 0.4) is 0 Å². The molecule has 3 rings (SSSR count). The van der Waals surface area contributed by atoms with Gasteiger partial charge in [0.05, 0.1) is 33.3 Å². The van der Waals surface area contributed by atoms with Gasteiger partial charge in [0.1, 0.15) is 12.1 Å². The molecule has 2 N–H and O–H groups in total. The molecule has 0 atom stereocenters. The number of aromatic nitrogens is 1. The zero-order chi connectivity index (χ0) is 24.8. The fourth-order valence-electron chi connectivity index (χ4n) is 2.95. The Hall–Kier alpha value is -2.39. The molecule has 0 saturated carbocycles. The lowest BCUT2D eigenvalue weighted by Crippen LogP contribution is -2.17. The van der Waals surface area contributed by atoms with Crippen LogP contribution < -0.4 is 10.6 Å². The van der Waals surface area contributed by atoms with Crippen molar-refractivity contribution in [2.75, 3.05) is 26.0 Å². The van der Waals surface area contributed by atoms with Crippen LogP contribution in [0, 0.1) is 12.7 Å². The lowest BCUT2D eigenvalue weighted by atomic mass is 10.2. The molecule has 0 fully saturated rings. The number of halogens is 2. The highest BCUT2D eigenvalue weighted by Gasteiger charge is 2.21. The number of carbonyl (C=O) groups is 1. The van der Waals surface area contributed by atoms with Crippen molar-refractivity contribution in [2.24, 2.45) is 4.99 Å². The normalized spacial score (nSPS) is 10.2. The number of carbonyl (C=O) groups excluding carboxylic acids is 1. The first-order valence-corrected chi connectivity index (χ1v) is 12.2. The number of benzene rings is 1. The van der Waals surface area contributed by atoms with Gasteiger partial charge in [0.15, 0.2) is 0 Å². The van der Waals surface area contributed by atoms with Gasteiger partial charge in [-0.15, -0.1) is 11.3 Å². The molecule has 33 heavy (non-hydrogen) atoms. The molecular weight excluding hydrogens is 479 g/mol. The molecule has 0 spiro atoms. The van der Waals surface area contributed by atoms with Crippen LogP contribution in [-0.4, -0.2) is 43.2 Å². The molecule has 0 bridgehead atoms. The van der Waals surface area contributed by atoms with E-state index < -0.39 is 0 Å². The maximum absolute atomic E-state index is 12.1. The largest absolute Gasteiger partial charge is 0.345 e. The lowest BCUT2D eigenvalue weighted by molar-refractivity contribution is 0.112. The number of likely N-dealkylation sites (N-methyl/N-ethyl adjacent to an activating group) is 1. The molecule has 2 heterocycles. The fraction of sp³-hybridized carbons (Fsp3) is 0.292. The first kappa shape index (κ1) is 28.6. The van der Waals surface area contributed by atoms with Gasteiger partial charge in [-0.1, -0.05) is 37.7 Å². The third-order valence-electron chi connectivity index (χ3n) is 4.42. The van der Waals surface area contributed by atoms with Crippen molar-refractivity contribution in [3.8, 4) is 10.6 Å². The SMILES string of the molecule is CC.CN=CNc1c(C)c(-c2sccc2Cl)n(CCNC)c1C=S.O=Cc1ccc(F)cc1. The summed E-state index contributed by atoms with van der Waals surface area (Å²) < 4.78 is 14.3. The maximum atomic E-state index is 12.1. The van der Waals surface area contributed by atoms with Crippen molar-refractivity contribution in [3.05, 3.63) is 63.4 Å². The summed E-state index contributed by atoms with van der Waals surface area (Å²) in [6.45, 7) is 7.74. The third-order valence-corrected chi connectivity index (χ3v) is 5.99. The van der Waals surface area contributed by atoms with E-state index in [1.807, 2.05) is 32.3 Å². The van der Waals surface area contributed by atoms with Crippen molar-refractivity contribution in [2.45, 2.75) is 27.3 Å². The summed E-state index contributed by atoms with van der Waals surface area (Å²) in [5.41, 5.74) is 4.68. The van der Waals surface area contributed by atoms with Crippen LogP contribution in [0.1, 0.15) is 35.5 Å². The van der Waals surface area contributed by atoms with Gasteiger partial charge in [-0.25, -0.2) is 4.39 Å². The van der Waals surface area contributed by atoms with E-state index in [0.29, 0.717) is 11.8 Å². The highest BCUT2D eigenvalue weighted by atomic mass is 35.5. The Kier molecular flexibility index (Phi) is 13.4. The molecule has 0 aliphatic carbocycles. The molecule has 2 aromatic heterocycles. The van der Waals surface area contributed by atoms with Crippen molar-refractivity contribution in [1.29, 1.82) is 0 Å². The molecule has 0 aliphatic heterocycles. The predicted octanol–water partition coefficient (Wildman–Crippen LogP) is 6.48. The number of hydrogen-bond donors (Lipinski definition) is 2. The molecule has 178 valence electrons. The number of aldehydes is 1. The van der Waals surface area contributed by atoms with Crippen LogP contribution >= 0.6 is 35.2 Å². The van der Waals surface area contributed by atoms with E-state index in [-0.39, 0.29) is 5.82 Å². The fourth-order valence-corrected chi connectivity index (χ4v) is 4.46. The molecule has 5 nitrogen and oxygen atoms in total. The highest BCUT2D eigenvalue weighted by Crippen LogP contribution is 2.40.